The molecule has 0 aliphatic heterocycles. The molecule has 0 spiro atoms. The van der Waals surface area contributed by atoms with Gasteiger partial charge in [0.25, 0.3) is 0 Å². The third kappa shape index (κ3) is 26.5. The molecule has 8 nitrogen and oxygen atoms in total. The smallest absolute Gasteiger partial charge is 0.302 e. The molecule has 0 amide bonds. The Hall–Kier alpha value is 0.499. The van der Waals surface area contributed by atoms with Crippen molar-refractivity contribution in [1.82, 2.24) is 0 Å². The maximum Gasteiger partial charge on any atom is 0.472 e. The number of phosphoric ester groups is 1. The van der Waals surface area contributed by atoms with Gasteiger partial charge in [0.05, 0.1) is 13.2 Å². The maximum atomic E-state index is 11.9. The minimum atomic E-state index is -4.67. The predicted octanol–water partition coefficient (Wildman–Crippen LogP) is 4.90. The van der Waals surface area contributed by atoms with E-state index in [0.29, 0.717) is 25.0 Å². The summed E-state index contributed by atoms with van der Waals surface area (Å²) in [6.45, 7) is 9.10. The first-order valence-corrected chi connectivity index (χ1v) is 12.2. The Bertz CT molecular complexity index is 443. The second-order valence-electron chi connectivity index (χ2n) is 6.34. The van der Waals surface area contributed by atoms with Gasteiger partial charge in [-0.15, -0.1) is 0 Å². The van der Waals surface area contributed by atoms with Crippen molar-refractivity contribution in [3.63, 3.8) is 0 Å². The van der Waals surface area contributed by atoms with Crippen molar-refractivity contribution in [2.75, 3.05) is 13.2 Å². The average Bonchev–Trinajstić information content (AvgIpc) is 2.53. The van der Waals surface area contributed by atoms with Crippen molar-refractivity contribution < 1.29 is 53.1 Å². The number of hydrogen-bond donors (Lipinski definition) is 3. The van der Waals surface area contributed by atoms with E-state index in [0.717, 1.165) is 51.4 Å². The van der Waals surface area contributed by atoms with Crippen LogP contribution in [0.15, 0.2) is 0 Å². The van der Waals surface area contributed by atoms with Crippen LogP contribution in [0.3, 0.4) is 0 Å². The summed E-state index contributed by atoms with van der Waals surface area (Å²) in [6.07, 6.45) is 8.56. The maximum absolute atomic E-state index is 11.9. The molecule has 0 aromatic heterocycles. The molecule has 0 rings (SSSR count). The van der Waals surface area contributed by atoms with Crippen molar-refractivity contribution in [2.45, 2.75) is 79.1 Å². The van der Waals surface area contributed by atoms with E-state index >= 15 is 0 Å². The Morgan fingerprint density at radius 3 is 1.37 bits per heavy atom. The molecular weight excluding hydrogens is 439 g/mol. The van der Waals surface area contributed by atoms with Crippen molar-refractivity contribution >= 4 is 18.2 Å². The Balaban J connectivity index is -0.000000844. The van der Waals surface area contributed by atoms with Gasteiger partial charge < -0.3 is 4.89 Å². The monoisotopic (exact) mass is 476 g/mol. The molecule has 3 N–H and O–H groups in total. The van der Waals surface area contributed by atoms with Crippen LogP contribution in [0.1, 0.15) is 79.1 Å². The zero-order valence-electron chi connectivity index (χ0n) is 16.8. The summed E-state index contributed by atoms with van der Waals surface area (Å²) in [5.41, 5.74) is 0. The molecule has 0 aromatic carbocycles. The molecule has 0 aromatic rings. The second-order valence-corrected chi connectivity index (χ2v) is 8.69. The zero-order valence-corrected chi connectivity index (χ0v) is 19.6. The van der Waals surface area contributed by atoms with Crippen LogP contribution in [0, 0.1) is 11.8 Å². The summed E-state index contributed by atoms with van der Waals surface area (Å²) in [7, 11) is -8.56. The normalized spacial score (nSPS) is 15.7. The summed E-state index contributed by atoms with van der Waals surface area (Å²) in [4.78, 5) is 9.77. The van der Waals surface area contributed by atoms with Gasteiger partial charge in [0.1, 0.15) is 0 Å². The van der Waals surface area contributed by atoms with Gasteiger partial charge in [-0.05, 0) is 24.7 Å². The molecule has 0 aliphatic carbocycles. The van der Waals surface area contributed by atoms with E-state index in [1.165, 1.54) is 0 Å². The van der Waals surface area contributed by atoms with Gasteiger partial charge in [0.2, 0.25) is 0 Å². The summed E-state index contributed by atoms with van der Waals surface area (Å²) in [6, 6.07) is 0. The Labute approximate surface area is 175 Å². The van der Waals surface area contributed by atoms with Crippen LogP contribution < -0.4 is 0 Å². The van der Waals surface area contributed by atoms with Gasteiger partial charge >= 0.3 is 18.2 Å². The zero-order chi connectivity index (χ0) is 20.6. The van der Waals surface area contributed by atoms with E-state index in [1.54, 1.807) is 0 Å². The van der Waals surface area contributed by atoms with E-state index in [-0.39, 0.29) is 17.1 Å². The van der Waals surface area contributed by atoms with Crippen LogP contribution in [0.2, 0.25) is 0 Å². The third-order valence-electron chi connectivity index (χ3n) is 4.03. The van der Waals surface area contributed by atoms with Gasteiger partial charge in [-0.3, -0.25) is 18.2 Å². The molecule has 168 valence electrons. The molecule has 0 saturated carbocycles. The Morgan fingerprint density at radius 1 is 0.852 bits per heavy atom. The second kappa shape index (κ2) is 18.5. The SMILES string of the molecule is CCCCC(CC)COP(=O)(O)OCC(CC)CCCC.O=S(=O)(O)O.[Fe]. The molecule has 2 atom stereocenters. The van der Waals surface area contributed by atoms with Gasteiger partial charge in [-0.25, -0.2) is 4.57 Å². The van der Waals surface area contributed by atoms with Gasteiger partial charge in [0.15, 0.2) is 0 Å². The van der Waals surface area contributed by atoms with E-state index in [4.69, 9.17) is 26.6 Å². The standard InChI is InChI=1S/C16H35O4P.Fe.H2O4S/c1-5-9-11-15(7-3)13-19-21(17,18)20-14-16(8-4)12-10-6-2;;1-5(2,3)4/h15-16H,5-14H2,1-4H3,(H,17,18);;(H2,1,2,3,4). The fourth-order valence-corrected chi connectivity index (χ4v) is 3.11. The molecule has 27 heavy (non-hydrogen) atoms. The molecule has 0 heterocycles. The van der Waals surface area contributed by atoms with Crippen molar-refractivity contribution in [1.29, 1.82) is 0 Å². The van der Waals surface area contributed by atoms with Crippen LogP contribution in [-0.2, 0) is 41.1 Å². The average molecular weight is 476 g/mol. The van der Waals surface area contributed by atoms with Crippen LogP contribution >= 0.6 is 7.82 Å². The molecule has 0 radical (unpaired) electrons. The van der Waals surface area contributed by atoms with E-state index in [9.17, 15) is 9.46 Å². The first-order valence-electron chi connectivity index (χ1n) is 9.30. The minimum Gasteiger partial charge on any atom is -0.302 e. The fraction of sp³-hybridized carbons (Fsp3) is 1.00. The largest absolute Gasteiger partial charge is 0.472 e. The molecular formula is C16H37FeO8PS. The predicted molar refractivity (Wildman–Crippen MR) is 103 cm³/mol. The van der Waals surface area contributed by atoms with Crippen molar-refractivity contribution in [2.24, 2.45) is 11.8 Å². The summed E-state index contributed by atoms with van der Waals surface area (Å²) in [5.74, 6) is 0.687. The molecule has 0 aliphatic rings. The van der Waals surface area contributed by atoms with Crippen molar-refractivity contribution in [3.05, 3.63) is 0 Å². The third-order valence-corrected chi connectivity index (χ3v) is 4.98. The van der Waals surface area contributed by atoms with Crippen LogP contribution in [-0.4, -0.2) is 35.6 Å². The van der Waals surface area contributed by atoms with Gasteiger partial charge in [-0.2, -0.15) is 8.42 Å². The first kappa shape index (κ1) is 32.2. The number of phosphoric acid groups is 1. The van der Waals surface area contributed by atoms with Gasteiger partial charge in [0, 0.05) is 17.1 Å². The molecule has 0 saturated heterocycles. The summed E-state index contributed by atoms with van der Waals surface area (Å²) < 4.78 is 53.8. The van der Waals surface area contributed by atoms with Gasteiger partial charge in [-0.1, -0.05) is 66.2 Å². The summed E-state index contributed by atoms with van der Waals surface area (Å²) in [5, 5.41) is 0. The number of hydrogen-bond acceptors (Lipinski definition) is 5. The molecule has 11 heteroatoms. The minimum absolute atomic E-state index is 0. The van der Waals surface area contributed by atoms with Crippen LogP contribution in [0.25, 0.3) is 0 Å². The first-order chi connectivity index (χ1) is 12.0. The fourth-order valence-electron chi connectivity index (χ4n) is 2.23. The van der Waals surface area contributed by atoms with E-state index in [2.05, 4.69) is 27.7 Å². The molecule has 0 bridgehead atoms. The number of unbranched alkanes of at least 4 members (excludes halogenated alkanes) is 2. The Morgan fingerprint density at radius 2 is 1.15 bits per heavy atom. The van der Waals surface area contributed by atoms with E-state index in [1.807, 2.05) is 0 Å². The van der Waals surface area contributed by atoms with E-state index < -0.39 is 18.2 Å². The quantitative estimate of drug-likeness (QED) is 0.183. The van der Waals surface area contributed by atoms with Crippen molar-refractivity contribution in [3.8, 4) is 0 Å². The Kier molecular flexibility index (Phi) is 22.1. The van der Waals surface area contributed by atoms with Crippen LogP contribution in [0.4, 0.5) is 0 Å². The molecule has 0 fully saturated rings. The summed E-state index contributed by atoms with van der Waals surface area (Å²) >= 11 is 0. The molecule has 2 unspecified atom stereocenters. The topological polar surface area (TPSA) is 130 Å². The van der Waals surface area contributed by atoms with Crippen LogP contribution in [0.5, 0.6) is 0 Å². The number of rotatable bonds is 14.